The van der Waals surface area contributed by atoms with E-state index in [4.69, 9.17) is 22.4 Å². The van der Waals surface area contributed by atoms with Crippen molar-refractivity contribution in [3.8, 4) is 0 Å². The number of pyridine rings is 2. The second kappa shape index (κ2) is 12.8. The molecule has 2 aliphatic heterocycles. The van der Waals surface area contributed by atoms with Crippen molar-refractivity contribution in [2.75, 3.05) is 29.9 Å². The number of fused-ring (bicyclic) bond motifs is 1. The normalized spacial score (nSPS) is 18.2. The van der Waals surface area contributed by atoms with Gasteiger partial charge in [-0.05, 0) is 54.8 Å². The number of benzene rings is 1. The number of carbonyl (C=O) groups excluding carboxylic acids is 1. The number of amidine groups is 1. The Morgan fingerprint density at radius 2 is 1.98 bits per heavy atom. The van der Waals surface area contributed by atoms with E-state index in [1.54, 1.807) is 30.3 Å². The largest absolute Gasteiger partial charge is 0.392 e. The number of aromatic nitrogens is 2. The fourth-order valence-corrected chi connectivity index (χ4v) is 5.63. The maximum absolute atomic E-state index is 15.6. The Morgan fingerprint density at radius 3 is 2.62 bits per heavy atom. The van der Waals surface area contributed by atoms with Gasteiger partial charge in [-0.1, -0.05) is 43.6 Å². The number of amides is 1. The number of hydrogen-bond acceptors (Lipinski definition) is 7. The van der Waals surface area contributed by atoms with Crippen molar-refractivity contribution in [1.29, 1.82) is 10.8 Å². The Hall–Kier alpha value is -4.15. The molecule has 3 aromatic rings. The molecule has 0 bridgehead atoms. The topological polar surface area (TPSA) is 129 Å². The summed E-state index contributed by atoms with van der Waals surface area (Å²) in [5.41, 5.74) is 1.71. The zero-order valence-electron chi connectivity index (χ0n) is 24.1. The standard InChI is InChI=1S/C29H29ClFN7O2.C2H6/c1-17-25-20(12-35-27(17)36-19-13-37(14-19)23(33)7-4-10-32)28(40)38(24-9-8-18(15-39)11-34-24)16-29(25,2)21-5-3-6-22(30)26(21)31;1-2/h3-12,19,32-33,39H,13-16H2,1-2H3,(H,35,36);1-2H3/b7-4-,32-10?,33-23?;/t29-;/m1./s1. The average molecular weight is 592 g/mol. The van der Waals surface area contributed by atoms with Crippen LogP contribution in [0, 0.1) is 23.6 Å². The van der Waals surface area contributed by atoms with Crippen LogP contribution in [-0.2, 0) is 12.0 Å². The maximum atomic E-state index is 15.6. The van der Waals surface area contributed by atoms with Crippen LogP contribution < -0.4 is 10.2 Å². The van der Waals surface area contributed by atoms with Gasteiger partial charge in [0, 0.05) is 49.2 Å². The number of likely N-dealkylation sites (tertiary alicyclic amines) is 1. The number of carbonyl (C=O) groups is 1. The zero-order valence-corrected chi connectivity index (χ0v) is 24.8. The van der Waals surface area contributed by atoms with Gasteiger partial charge in [-0.3, -0.25) is 15.1 Å². The summed E-state index contributed by atoms with van der Waals surface area (Å²) in [5, 5.41) is 28.0. The minimum atomic E-state index is -0.996. The molecule has 0 aliphatic carbocycles. The van der Waals surface area contributed by atoms with E-state index in [0.717, 1.165) is 11.8 Å². The second-order valence-corrected chi connectivity index (χ2v) is 10.6. The summed E-state index contributed by atoms with van der Waals surface area (Å²) < 4.78 is 15.6. The highest BCUT2D eigenvalue weighted by atomic mass is 35.5. The Morgan fingerprint density at radius 1 is 1.24 bits per heavy atom. The van der Waals surface area contributed by atoms with Gasteiger partial charge < -0.3 is 20.7 Å². The number of nitrogens with zero attached hydrogens (tertiary/aromatic N) is 4. The van der Waals surface area contributed by atoms with Crippen LogP contribution in [0.4, 0.5) is 16.0 Å². The maximum Gasteiger partial charge on any atom is 0.261 e. The van der Waals surface area contributed by atoms with Gasteiger partial charge in [0.25, 0.3) is 5.91 Å². The summed E-state index contributed by atoms with van der Waals surface area (Å²) in [6.45, 7) is 8.87. The van der Waals surface area contributed by atoms with E-state index in [-0.39, 0.29) is 30.1 Å². The smallest absolute Gasteiger partial charge is 0.261 e. The highest BCUT2D eigenvalue weighted by Gasteiger charge is 2.45. The molecule has 0 unspecified atom stereocenters. The first kappa shape index (κ1) is 30.8. The summed E-state index contributed by atoms with van der Waals surface area (Å²) in [4.78, 5) is 26.2. The molecule has 1 atom stereocenters. The lowest BCUT2D eigenvalue weighted by molar-refractivity contribution is 0.0969. The van der Waals surface area contributed by atoms with Crippen molar-refractivity contribution in [2.24, 2.45) is 0 Å². The molecule has 0 spiro atoms. The predicted molar refractivity (Wildman–Crippen MR) is 165 cm³/mol. The molecule has 4 heterocycles. The van der Waals surface area contributed by atoms with Gasteiger partial charge in [0.1, 0.15) is 23.3 Å². The van der Waals surface area contributed by atoms with Gasteiger partial charge >= 0.3 is 0 Å². The molecule has 0 radical (unpaired) electrons. The first-order valence-corrected chi connectivity index (χ1v) is 14.1. The lowest BCUT2D eigenvalue weighted by atomic mass is 9.70. The molecule has 1 fully saturated rings. The van der Waals surface area contributed by atoms with E-state index in [9.17, 15) is 9.90 Å². The summed E-state index contributed by atoms with van der Waals surface area (Å²) in [7, 11) is 0. The summed E-state index contributed by atoms with van der Waals surface area (Å²) in [5.74, 6) is 0.447. The molecule has 220 valence electrons. The molecular weight excluding hydrogens is 557 g/mol. The summed E-state index contributed by atoms with van der Waals surface area (Å²) in [6.07, 6.45) is 7.24. The molecule has 2 aromatic heterocycles. The average Bonchev–Trinajstić information content (AvgIpc) is 2.98. The Bertz CT molecular complexity index is 1520. The molecular formula is C31H35ClFN7O2. The number of nitrogens with one attached hydrogen (secondary N) is 3. The molecule has 4 N–H and O–H groups in total. The van der Waals surface area contributed by atoms with Crippen LogP contribution in [0.2, 0.25) is 5.02 Å². The molecule has 11 heteroatoms. The van der Waals surface area contributed by atoms with E-state index in [0.29, 0.717) is 52.8 Å². The Labute approximate surface area is 250 Å². The van der Waals surface area contributed by atoms with Crippen LogP contribution in [0.15, 0.2) is 54.9 Å². The monoisotopic (exact) mass is 591 g/mol. The number of aliphatic hydroxyl groups is 1. The van der Waals surface area contributed by atoms with Crippen molar-refractivity contribution in [3.05, 3.63) is 93.5 Å². The molecule has 2 aliphatic rings. The predicted octanol–water partition coefficient (Wildman–Crippen LogP) is 5.34. The van der Waals surface area contributed by atoms with Crippen molar-refractivity contribution in [3.63, 3.8) is 0 Å². The second-order valence-electron chi connectivity index (χ2n) is 10.2. The molecule has 42 heavy (non-hydrogen) atoms. The van der Waals surface area contributed by atoms with Crippen molar-refractivity contribution < 1.29 is 14.3 Å². The minimum Gasteiger partial charge on any atom is -0.392 e. The third kappa shape index (κ3) is 5.64. The number of anilines is 2. The summed E-state index contributed by atoms with van der Waals surface area (Å²) in [6, 6.07) is 8.26. The van der Waals surface area contributed by atoms with Gasteiger partial charge in [-0.2, -0.15) is 0 Å². The van der Waals surface area contributed by atoms with E-state index in [1.165, 1.54) is 29.4 Å². The van der Waals surface area contributed by atoms with Gasteiger partial charge in [0.05, 0.1) is 23.2 Å². The van der Waals surface area contributed by atoms with E-state index >= 15 is 4.39 Å². The van der Waals surface area contributed by atoms with Crippen LogP contribution in [0.3, 0.4) is 0 Å². The van der Waals surface area contributed by atoms with Crippen LogP contribution in [0.25, 0.3) is 0 Å². The van der Waals surface area contributed by atoms with Crippen molar-refractivity contribution in [1.82, 2.24) is 14.9 Å². The van der Waals surface area contributed by atoms with Crippen LogP contribution in [0.5, 0.6) is 0 Å². The zero-order chi connectivity index (χ0) is 30.6. The van der Waals surface area contributed by atoms with Gasteiger partial charge in [-0.25, -0.2) is 14.4 Å². The highest BCUT2D eigenvalue weighted by Crippen LogP contribution is 2.45. The number of aliphatic hydroxyl groups excluding tert-OH is 1. The number of rotatable bonds is 7. The first-order chi connectivity index (χ1) is 20.2. The SMILES string of the molecule is CC.Cc1c(NC2CN(C(=N)/C=C\C=N)C2)ncc2c1[C@@](C)(c1cccc(Cl)c1F)CN(c1ccc(CO)cn1)C2=O. The molecule has 5 rings (SSSR count). The molecule has 0 saturated carbocycles. The Kier molecular flexibility index (Phi) is 9.38. The van der Waals surface area contributed by atoms with E-state index < -0.39 is 11.2 Å². The van der Waals surface area contributed by atoms with E-state index in [2.05, 4.69) is 15.3 Å². The molecule has 1 aromatic carbocycles. The van der Waals surface area contributed by atoms with Crippen molar-refractivity contribution in [2.45, 2.75) is 45.8 Å². The van der Waals surface area contributed by atoms with Gasteiger partial charge in [0.15, 0.2) is 0 Å². The molecule has 1 saturated heterocycles. The lowest BCUT2D eigenvalue weighted by Gasteiger charge is -2.44. The molecule has 9 nitrogen and oxygen atoms in total. The van der Waals surface area contributed by atoms with Crippen LogP contribution >= 0.6 is 11.6 Å². The van der Waals surface area contributed by atoms with E-state index in [1.807, 2.05) is 32.6 Å². The van der Waals surface area contributed by atoms with Crippen LogP contribution in [0.1, 0.15) is 53.4 Å². The quantitative estimate of drug-likeness (QED) is 0.217. The fourth-order valence-electron chi connectivity index (χ4n) is 5.45. The highest BCUT2D eigenvalue weighted by molar-refractivity contribution is 6.30. The third-order valence-corrected chi connectivity index (χ3v) is 7.84. The van der Waals surface area contributed by atoms with Crippen LogP contribution in [-0.4, -0.2) is 63.6 Å². The number of halogens is 2. The Balaban J connectivity index is 0.00000198. The van der Waals surface area contributed by atoms with Gasteiger partial charge in [-0.15, -0.1) is 0 Å². The van der Waals surface area contributed by atoms with Gasteiger partial charge in [0.2, 0.25) is 0 Å². The van der Waals surface area contributed by atoms with Crippen molar-refractivity contribution >= 4 is 41.2 Å². The molecule has 1 amide bonds. The minimum absolute atomic E-state index is 0.00622. The summed E-state index contributed by atoms with van der Waals surface area (Å²) >= 11 is 6.22. The fraction of sp³-hybridized carbons (Fsp3) is 0.323. The number of hydrogen-bond donors (Lipinski definition) is 4. The first-order valence-electron chi connectivity index (χ1n) is 13.8. The third-order valence-electron chi connectivity index (χ3n) is 7.55. The number of allylic oxidation sites excluding steroid dienone is 1. The lowest BCUT2D eigenvalue weighted by Crippen LogP contribution is -2.56.